The van der Waals surface area contributed by atoms with Crippen LogP contribution < -0.4 is 5.32 Å². The highest BCUT2D eigenvalue weighted by atomic mass is 79.9. The van der Waals surface area contributed by atoms with Crippen molar-refractivity contribution in [1.82, 2.24) is 19.6 Å². The largest absolute Gasteiger partial charge is 0.340 e. The van der Waals surface area contributed by atoms with Crippen molar-refractivity contribution in [2.45, 2.75) is 17.8 Å². The van der Waals surface area contributed by atoms with Gasteiger partial charge in [0.15, 0.2) is 5.78 Å². The van der Waals surface area contributed by atoms with E-state index in [4.69, 9.17) is 0 Å². The molecule has 8 heteroatoms. The van der Waals surface area contributed by atoms with E-state index in [-0.39, 0.29) is 5.78 Å². The van der Waals surface area contributed by atoms with Gasteiger partial charge in [0.25, 0.3) is 5.78 Å². The zero-order chi connectivity index (χ0) is 27.5. The van der Waals surface area contributed by atoms with Crippen LogP contribution >= 0.6 is 27.7 Å². The minimum atomic E-state index is -0.0507. The third-order valence-electron chi connectivity index (χ3n) is 6.32. The van der Waals surface area contributed by atoms with Crippen LogP contribution in [0.2, 0.25) is 0 Å². The quantitative estimate of drug-likeness (QED) is 0.107. The van der Waals surface area contributed by atoms with Crippen molar-refractivity contribution in [2.24, 2.45) is 0 Å². The molecule has 0 bridgehead atoms. The zero-order valence-electron chi connectivity index (χ0n) is 21.6. The number of halogens is 1. The van der Waals surface area contributed by atoms with E-state index in [0.29, 0.717) is 16.5 Å². The number of aromatic nitrogens is 4. The third-order valence-corrected chi connectivity index (χ3v) is 7.72. The van der Waals surface area contributed by atoms with Crippen LogP contribution in [0, 0.1) is 6.92 Å². The lowest BCUT2D eigenvalue weighted by atomic mass is 10.1. The number of ketones is 1. The second-order valence-electron chi connectivity index (χ2n) is 9.31. The molecule has 196 valence electrons. The number of rotatable bonds is 8. The van der Waals surface area contributed by atoms with Crippen molar-refractivity contribution in [3.8, 4) is 0 Å². The summed E-state index contributed by atoms with van der Waals surface area (Å²) < 4.78 is 2.76. The second kappa shape index (κ2) is 11.5. The van der Waals surface area contributed by atoms with Crippen LogP contribution in [0.25, 0.3) is 22.6 Å². The lowest BCUT2D eigenvalue weighted by Crippen LogP contribution is -2.03. The molecule has 0 fully saturated rings. The average molecular weight is 607 g/mol. The normalized spacial score (nSPS) is 11.4. The van der Waals surface area contributed by atoms with Crippen LogP contribution in [-0.4, -0.2) is 25.4 Å². The molecular weight excluding hydrogens is 582 g/mol. The van der Waals surface area contributed by atoms with Gasteiger partial charge in [0.2, 0.25) is 5.16 Å². The fourth-order valence-electron chi connectivity index (χ4n) is 4.34. The van der Waals surface area contributed by atoms with Gasteiger partial charge in [0.1, 0.15) is 5.82 Å². The summed E-state index contributed by atoms with van der Waals surface area (Å²) in [5.74, 6) is 1.98. The lowest BCUT2D eigenvalue weighted by Gasteiger charge is -2.09. The summed E-state index contributed by atoms with van der Waals surface area (Å²) in [5, 5.41) is 11.1. The molecular formula is C32H24BrN5OS. The van der Waals surface area contributed by atoms with E-state index >= 15 is 0 Å². The Morgan fingerprint density at radius 3 is 2.58 bits per heavy atom. The second-order valence-corrected chi connectivity index (χ2v) is 11.2. The molecule has 0 saturated heterocycles. The number of nitrogens with zero attached hydrogens (tertiary/aromatic N) is 4. The Balaban J connectivity index is 1.15. The molecule has 6 nitrogen and oxygen atoms in total. The third kappa shape index (κ3) is 5.98. The van der Waals surface area contributed by atoms with Gasteiger partial charge in [-0.05, 0) is 77.4 Å². The number of nitrogens with one attached hydrogen (secondary N) is 1. The van der Waals surface area contributed by atoms with Gasteiger partial charge in [0, 0.05) is 33.2 Å². The fraction of sp³-hybridized carbons (Fsp3) is 0.0625. The molecule has 0 saturated carbocycles. The summed E-state index contributed by atoms with van der Waals surface area (Å²) in [6.07, 6.45) is 3.47. The van der Waals surface area contributed by atoms with E-state index in [9.17, 15) is 4.79 Å². The van der Waals surface area contributed by atoms with Gasteiger partial charge in [-0.1, -0.05) is 82.3 Å². The van der Waals surface area contributed by atoms with Crippen LogP contribution in [-0.2, 0) is 5.75 Å². The number of fused-ring (bicyclic) bond motifs is 2. The molecule has 0 spiro atoms. The maximum absolute atomic E-state index is 12.8. The number of hydrogen-bond acceptors (Lipinski definition) is 6. The predicted octanol–water partition coefficient (Wildman–Crippen LogP) is 8.28. The van der Waals surface area contributed by atoms with Crippen molar-refractivity contribution >= 4 is 67.6 Å². The van der Waals surface area contributed by atoms with E-state index in [1.807, 2.05) is 73.7 Å². The maximum atomic E-state index is 12.8. The van der Waals surface area contributed by atoms with Gasteiger partial charge in [-0.15, -0.1) is 5.10 Å². The summed E-state index contributed by atoms with van der Waals surface area (Å²) in [6.45, 7) is 1.93. The molecule has 0 amide bonds. The fourth-order valence-corrected chi connectivity index (χ4v) is 5.55. The van der Waals surface area contributed by atoms with Gasteiger partial charge in [-0.3, -0.25) is 4.79 Å². The van der Waals surface area contributed by atoms with Crippen molar-refractivity contribution in [2.75, 3.05) is 5.32 Å². The molecule has 0 atom stereocenters. The minimum absolute atomic E-state index is 0.0507. The van der Waals surface area contributed by atoms with Crippen LogP contribution in [0.4, 0.5) is 11.5 Å². The molecule has 0 aliphatic heterocycles. The van der Waals surface area contributed by atoms with Gasteiger partial charge in [0.05, 0.1) is 0 Å². The maximum Gasteiger partial charge on any atom is 0.255 e. The number of benzene rings is 4. The molecule has 2 aromatic heterocycles. The number of carbonyl (C=O) groups is 1. The Bertz CT molecular complexity index is 1880. The van der Waals surface area contributed by atoms with Crippen molar-refractivity contribution < 1.29 is 4.79 Å². The smallest absolute Gasteiger partial charge is 0.255 e. The number of carbonyl (C=O) groups excluding carboxylic acids is 1. The molecule has 0 aliphatic rings. The van der Waals surface area contributed by atoms with Gasteiger partial charge in [-0.2, -0.15) is 9.50 Å². The Morgan fingerprint density at radius 1 is 0.925 bits per heavy atom. The Labute approximate surface area is 244 Å². The number of hydrogen-bond donors (Lipinski definition) is 1. The average Bonchev–Trinajstić information content (AvgIpc) is 3.38. The molecule has 6 rings (SSSR count). The van der Waals surface area contributed by atoms with Crippen LogP contribution in [0.5, 0.6) is 0 Å². The van der Waals surface area contributed by atoms with Crippen LogP contribution in [0.3, 0.4) is 0 Å². The summed E-state index contributed by atoms with van der Waals surface area (Å²) >= 11 is 5.08. The molecule has 6 aromatic rings. The summed E-state index contributed by atoms with van der Waals surface area (Å²) in [6, 6.07) is 31.9. The highest BCUT2D eigenvalue weighted by Gasteiger charge is 2.12. The van der Waals surface area contributed by atoms with E-state index in [1.165, 1.54) is 10.9 Å². The highest BCUT2D eigenvalue weighted by Crippen LogP contribution is 2.25. The van der Waals surface area contributed by atoms with E-state index in [2.05, 4.69) is 72.7 Å². The first kappa shape index (κ1) is 26.0. The van der Waals surface area contributed by atoms with E-state index in [1.54, 1.807) is 22.4 Å². The monoisotopic (exact) mass is 605 g/mol. The number of anilines is 2. The number of thioether (sulfide) groups is 1. The molecule has 0 radical (unpaired) electrons. The Kier molecular flexibility index (Phi) is 7.44. The predicted molar refractivity (Wildman–Crippen MR) is 166 cm³/mol. The van der Waals surface area contributed by atoms with Gasteiger partial charge in [-0.25, -0.2) is 4.98 Å². The van der Waals surface area contributed by atoms with Crippen molar-refractivity contribution in [3.05, 3.63) is 130 Å². The first-order valence-electron chi connectivity index (χ1n) is 12.7. The van der Waals surface area contributed by atoms with Crippen molar-refractivity contribution in [3.63, 3.8) is 0 Å². The zero-order valence-corrected chi connectivity index (χ0v) is 24.0. The van der Waals surface area contributed by atoms with E-state index in [0.717, 1.165) is 38.4 Å². The lowest BCUT2D eigenvalue weighted by molar-refractivity contribution is 0.104. The first-order chi connectivity index (χ1) is 19.5. The van der Waals surface area contributed by atoms with Gasteiger partial charge >= 0.3 is 0 Å². The highest BCUT2D eigenvalue weighted by molar-refractivity contribution is 9.10. The minimum Gasteiger partial charge on any atom is -0.340 e. The SMILES string of the molecule is Cc1cc(Nc2ccc(C(=O)/C=C/c3ccc4ccccc4c3)cc2)n2nc(SCc3cccc(Br)c3)nc2n1. The van der Waals surface area contributed by atoms with Gasteiger partial charge < -0.3 is 5.32 Å². The molecule has 0 unspecified atom stereocenters. The first-order valence-corrected chi connectivity index (χ1v) is 14.5. The molecule has 2 heterocycles. The Morgan fingerprint density at radius 2 is 1.75 bits per heavy atom. The van der Waals surface area contributed by atoms with Crippen LogP contribution in [0.15, 0.2) is 113 Å². The number of aryl methyl sites for hydroxylation is 1. The van der Waals surface area contributed by atoms with Crippen LogP contribution in [0.1, 0.15) is 27.2 Å². The topological polar surface area (TPSA) is 72.2 Å². The number of allylic oxidation sites excluding steroid dienone is 1. The summed E-state index contributed by atoms with van der Waals surface area (Å²) in [7, 11) is 0. The van der Waals surface area contributed by atoms with Crippen molar-refractivity contribution in [1.29, 1.82) is 0 Å². The molecule has 1 N–H and O–H groups in total. The standard InChI is InChI=1S/C32H24BrN5OS/c1-21-17-30(38-31(34-21)36-32(37-38)40-20-23-5-4-8-27(33)19-23)35-28-14-12-25(13-15-28)29(39)16-10-22-9-11-24-6-2-3-7-26(24)18-22/h2-19,35H,20H2,1H3/b16-10+. The molecule has 0 aliphatic carbocycles. The summed E-state index contributed by atoms with van der Waals surface area (Å²) in [4.78, 5) is 22.0. The van der Waals surface area contributed by atoms with E-state index < -0.39 is 0 Å². The Hall–Kier alpha value is -4.27. The molecule has 4 aromatic carbocycles. The summed E-state index contributed by atoms with van der Waals surface area (Å²) in [5.41, 5.74) is 4.45. The molecule has 40 heavy (non-hydrogen) atoms.